The molecule has 0 spiro atoms. The standard InChI is InChI=1S/C13H24N2O3/c1-10(16)14-13(5)6-8-15(9-7-13)11(17)18-12(2,3)4/h6-9H2,1-5H3,(H,14,16). The molecule has 18 heavy (non-hydrogen) atoms. The zero-order valence-electron chi connectivity index (χ0n) is 12.0. The summed E-state index contributed by atoms with van der Waals surface area (Å²) in [7, 11) is 0. The third kappa shape index (κ3) is 4.55. The molecule has 0 unspecified atom stereocenters. The molecule has 1 saturated heterocycles. The summed E-state index contributed by atoms with van der Waals surface area (Å²) in [6.07, 6.45) is 1.24. The summed E-state index contributed by atoms with van der Waals surface area (Å²) in [4.78, 5) is 24.7. The van der Waals surface area contributed by atoms with E-state index in [2.05, 4.69) is 5.32 Å². The molecule has 1 rings (SSSR count). The van der Waals surface area contributed by atoms with Crippen molar-refractivity contribution in [3.63, 3.8) is 0 Å². The Balaban J connectivity index is 2.48. The number of ether oxygens (including phenoxy) is 1. The third-order valence-corrected chi connectivity index (χ3v) is 3.00. The lowest BCUT2D eigenvalue weighted by atomic mass is 9.90. The molecule has 0 aliphatic carbocycles. The van der Waals surface area contributed by atoms with Gasteiger partial charge in [0.1, 0.15) is 5.60 Å². The molecule has 2 amide bonds. The lowest BCUT2D eigenvalue weighted by molar-refractivity contribution is -0.121. The fourth-order valence-corrected chi connectivity index (χ4v) is 2.06. The Morgan fingerprint density at radius 1 is 1.22 bits per heavy atom. The molecule has 104 valence electrons. The molecule has 0 saturated carbocycles. The first-order chi connectivity index (χ1) is 8.11. The quantitative estimate of drug-likeness (QED) is 0.779. The molecule has 0 aromatic heterocycles. The van der Waals surface area contributed by atoms with E-state index < -0.39 is 5.60 Å². The van der Waals surface area contributed by atoms with Crippen molar-refractivity contribution in [1.29, 1.82) is 0 Å². The Morgan fingerprint density at radius 3 is 2.11 bits per heavy atom. The number of carbonyl (C=O) groups excluding carboxylic acids is 2. The Morgan fingerprint density at radius 2 is 1.72 bits per heavy atom. The monoisotopic (exact) mass is 256 g/mol. The number of amides is 2. The smallest absolute Gasteiger partial charge is 0.410 e. The van der Waals surface area contributed by atoms with Crippen LogP contribution in [-0.2, 0) is 9.53 Å². The number of carbonyl (C=O) groups is 2. The van der Waals surface area contributed by atoms with Gasteiger partial charge in [-0.05, 0) is 40.5 Å². The number of hydrogen-bond donors (Lipinski definition) is 1. The van der Waals surface area contributed by atoms with Crippen LogP contribution in [0, 0.1) is 0 Å². The molecule has 0 bridgehead atoms. The number of likely N-dealkylation sites (tertiary alicyclic amines) is 1. The molecular weight excluding hydrogens is 232 g/mol. The summed E-state index contributed by atoms with van der Waals surface area (Å²) in [5.41, 5.74) is -0.667. The van der Waals surface area contributed by atoms with Crippen LogP contribution in [0.2, 0.25) is 0 Å². The van der Waals surface area contributed by atoms with E-state index in [1.807, 2.05) is 27.7 Å². The fraction of sp³-hybridized carbons (Fsp3) is 0.846. The molecule has 0 aromatic rings. The van der Waals surface area contributed by atoms with E-state index in [-0.39, 0.29) is 17.5 Å². The highest BCUT2D eigenvalue weighted by molar-refractivity contribution is 5.74. The molecule has 0 atom stereocenters. The summed E-state index contributed by atoms with van der Waals surface area (Å²) >= 11 is 0. The predicted molar refractivity (Wildman–Crippen MR) is 69.3 cm³/mol. The van der Waals surface area contributed by atoms with Crippen molar-refractivity contribution < 1.29 is 14.3 Å². The minimum absolute atomic E-state index is 0.0248. The molecule has 1 N–H and O–H groups in total. The normalized spacial score (nSPS) is 19.3. The maximum atomic E-state index is 11.9. The Labute approximate surface area is 109 Å². The van der Waals surface area contributed by atoms with Gasteiger partial charge in [0.25, 0.3) is 0 Å². The van der Waals surface area contributed by atoms with Gasteiger partial charge in [-0.3, -0.25) is 4.79 Å². The van der Waals surface area contributed by atoms with Crippen molar-refractivity contribution in [3.05, 3.63) is 0 Å². The number of hydrogen-bond acceptors (Lipinski definition) is 3. The average molecular weight is 256 g/mol. The molecule has 5 heteroatoms. The van der Waals surface area contributed by atoms with Crippen LogP contribution in [0.1, 0.15) is 47.5 Å². The van der Waals surface area contributed by atoms with Gasteiger partial charge in [0.2, 0.25) is 5.91 Å². The SMILES string of the molecule is CC(=O)NC1(C)CCN(C(=O)OC(C)(C)C)CC1. The topological polar surface area (TPSA) is 58.6 Å². The van der Waals surface area contributed by atoms with Gasteiger partial charge in [-0.2, -0.15) is 0 Å². The molecule has 1 aliphatic heterocycles. The molecular formula is C13H24N2O3. The maximum Gasteiger partial charge on any atom is 0.410 e. The van der Waals surface area contributed by atoms with Crippen molar-refractivity contribution in [2.45, 2.75) is 58.6 Å². The summed E-state index contributed by atoms with van der Waals surface area (Å²) in [5.74, 6) is -0.0248. The second kappa shape index (κ2) is 5.16. The van der Waals surface area contributed by atoms with Gasteiger partial charge in [-0.1, -0.05) is 0 Å². The van der Waals surface area contributed by atoms with Gasteiger partial charge in [0.05, 0.1) is 0 Å². The first-order valence-electron chi connectivity index (χ1n) is 6.38. The van der Waals surface area contributed by atoms with E-state index in [0.717, 1.165) is 12.8 Å². The number of rotatable bonds is 1. The van der Waals surface area contributed by atoms with E-state index >= 15 is 0 Å². The van der Waals surface area contributed by atoms with Crippen LogP contribution in [0.4, 0.5) is 4.79 Å². The van der Waals surface area contributed by atoms with Crippen molar-refractivity contribution in [1.82, 2.24) is 10.2 Å². The van der Waals surface area contributed by atoms with Gasteiger partial charge < -0.3 is 15.0 Å². The largest absolute Gasteiger partial charge is 0.444 e. The van der Waals surface area contributed by atoms with Crippen molar-refractivity contribution >= 4 is 12.0 Å². The van der Waals surface area contributed by atoms with Crippen LogP contribution in [0.3, 0.4) is 0 Å². The Hall–Kier alpha value is -1.26. The Kier molecular flexibility index (Phi) is 4.24. The second-order valence-corrected chi connectivity index (χ2v) is 6.21. The van der Waals surface area contributed by atoms with Crippen LogP contribution in [-0.4, -0.2) is 41.1 Å². The summed E-state index contributed by atoms with van der Waals surface area (Å²) in [6, 6.07) is 0. The molecule has 1 fully saturated rings. The minimum Gasteiger partial charge on any atom is -0.444 e. The number of nitrogens with zero attached hydrogens (tertiary/aromatic N) is 1. The van der Waals surface area contributed by atoms with Crippen LogP contribution < -0.4 is 5.32 Å². The molecule has 0 radical (unpaired) electrons. The highest BCUT2D eigenvalue weighted by atomic mass is 16.6. The van der Waals surface area contributed by atoms with Gasteiger partial charge >= 0.3 is 6.09 Å². The lowest BCUT2D eigenvalue weighted by Crippen LogP contribution is -2.54. The fourth-order valence-electron chi connectivity index (χ4n) is 2.06. The van der Waals surface area contributed by atoms with Crippen LogP contribution in [0.15, 0.2) is 0 Å². The first kappa shape index (κ1) is 14.8. The number of piperidine rings is 1. The Bertz CT molecular complexity index is 326. The summed E-state index contributed by atoms with van der Waals surface area (Å²) in [5, 5.41) is 2.95. The predicted octanol–water partition coefficient (Wildman–Crippen LogP) is 1.91. The van der Waals surface area contributed by atoms with Gasteiger partial charge in [-0.25, -0.2) is 4.79 Å². The highest BCUT2D eigenvalue weighted by Crippen LogP contribution is 2.23. The zero-order valence-corrected chi connectivity index (χ0v) is 12.0. The van der Waals surface area contributed by atoms with E-state index in [9.17, 15) is 9.59 Å². The van der Waals surface area contributed by atoms with E-state index in [1.54, 1.807) is 4.90 Å². The molecule has 5 nitrogen and oxygen atoms in total. The van der Waals surface area contributed by atoms with E-state index in [1.165, 1.54) is 6.92 Å². The summed E-state index contributed by atoms with van der Waals surface area (Å²) in [6.45, 7) is 10.3. The van der Waals surface area contributed by atoms with Crippen LogP contribution in [0.25, 0.3) is 0 Å². The van der Waals surface area contributed by atoms with E-state index in [4.69, 9.17) is 4.74 Å². The van der Waals surface area contributed by atoms with Crippen molar-refractivity contribution in [2.75, 3.05) is 13.1 Å². The van der Waals surface area contributed by atoms with Crippen LogP contribution in [0.5, 0.6) is 0 Å². The van der Waals surface area contributed by atoms with Gasteiger partial charge in [0, 0.05) is 25.6 Å². The minimum atomic E-state index is -0.463. The lowest BCUT2D eigenvalue weighted by Gasteiger charge is -2.40. The zero-order chi connectivity index (χ0) is 14.0. The molecule has 1 aliphatic rings. The third-order valence-electron chi connectivity index (χ3n) is 3.00. The number of nitrogens with one attached hydrogen (secondary N) is 1. The van der Waals surface area contributed by atoms with Gasteiger partial charge in [-0.15, -0.1) is 0 Å². The molecule has 1 heterocycles. The summed E-state index contributed by atoms with van der Waals surface area (Å²) < 4.78 is 5.33. The first-order valence-corrected chi connectivity index (χ1v) is 6.38. The van der Waals surface area contributed by atoms with E-state index in [0.29, 0.717) is 13.1 Å². The van der Waals surface area contributed by atoms with Crippen molar-refractivity contribution in [2.24, 2.45) is 0 Å². The molecule has 0 aromatic carbocycles. The van der Waals surface area contributed by atoms with Crippen molar-refractivity contribution in [3.8, 4) is 0 Å². The maximum absolute atomic E-state index is 11.9. The second-order valence-electron chi connectivity index (χ2n) is 6.21. The average Bonchev–Trinajstić information content (AvgIpc) is 2.13. The van der Waals surface area contributed by atoms with Gasteiger partial charge in [0.15, 0.2) is 0 Å². The van der Waals surface area contributed by atoms with Crippen LogP contribution >= 0.6 is 0 Å². The highest BCUT2D eigenvalue weighted by Gasteiger charge is 2.33.